The van der Waals surface area contributed by atoms with Gasteiger partial charge >= 0.3 is 6.18 Å². The second-order valence-electron chi connectivity index (χ2n) is 7.12. The minimum Gasteiger partial charge on any atom is -0.496 e. The zero-order valence-corrected chi connectivity index (χ0v) is 16.6. The van der Waals surface area contributed by atoms with Crippen LogP contribution in [-0.4, -0.2) is 54.8 Å². The molecule has 0 radical (unpaired) electrons. The zero-order valence-electron chi connectivity index (χ0n) is 16.6. The largest absolute Gasteiger partial charge is 0.496 e. The van der Waals surface area contributed by atoms with E-state index in [4.69, 9.17) is 4.74 Å². The Bertz CT molecular complexity index is 835. The molecule has 30 heavy (non-hydrogen) atoms. The second kappa shape index (κ2) is 9.80. The van der Waals surface area contributed by atoms with Crippen LogP contribution >= 0.6 is 0 Å². The number of hydrogen-bond acceptors (Lipinski definition) is 5. The van der Waals surface area contributed by atoms with E-state index in [0.29, 0.717) is 0 Å². The average Bonchev–Trinajstić information content (AvgIpc) is 2.74. The molecule has 0 aliphatic carbocycles. The normalized spacial score (nSPS) is 15.6. The molecule has 2 heterocycles. The Balaban J connectivity index is 1.46. The maximum absolute atomic E-state index is 12.4. The monoisotopic (exact) mass is 423 g/mol. The first-order chi connectivity index (χ1) is 14.3. The summed E-state index contributed by atoms with van der Waals surface area (Å²) in [6.45, 7) is 1.05. The van der Waals surface area contributed by atoms with Gasteiger partial charge in [-0.15, -0.1) is 0 Å². The Labute approximate surface area is 173 Å². The summed E-state index contributed by atoms with van der Waals surface area (Å²) in [7, 11) is 1.66. The van der Waals surface area contributed by atoms with Crippen LogP contribution in [0.15, 0.2) is 42.6 Å². The number of hydrogen-bond donors (Lipinski definition) is 1. The molecule has 1 saturated heterocycles. The van der Waals surface area contributed by atoms with Crippen molar-refractivity contribution in [1.29, 1.82) is 0 Å². The molecule has 1 fully saturated rings. The van der Waals surface area contributed by atoms with Crippen LogP contribution in [-0.2, 0) is 6.54 Å². The average molecular weight is 423 g/mol. The molecule has 0 atom stereocenters. The minimum absolute atomic E-state index is 0.0348. The quantitative estimate of drug-likeness (QED) is 0.739. The lowest BCUT2D eigenvalue weighted by Crippen LogP contribution is -2.44. The highest BCUT2D eigenvalue weighted by Crippen LogP contribution is 2.22. The van der Waals surface area contributed by atoms with Gasteiger partial charge in [-0.25, -0.2) is 4.98 Å². The van der Waals surface area contributed by atoms with Gasteiger partial charge in [-0.1, -0.05) is 18.2 Å². The summed E-state index contributed by atoms with van der Waals surface area (Å²) in [6, 6.07) is 10.6. The van der Waals surface area contributed by atoms with Crippen LogP contribution in [0, 0.1) is 0 Å². The van der Waals surface area contributed by atoms with Gasteiger partial charge < -0.3 is 14.8 Å². The third-order valence-electron chi connectivity index (χ3n) is 4.89. The van der Waals surface area contributed by atoms with E-state index in [0.717, 1.165) is 43.8 Å². The number of alkyl halides is 3. The number of likely N-dealkylation sites (tertiary alicyclic amines) is 1. The molecular formula is C21H24F3N3O3. The summed E-state index contributed by atoms with van der Waals surface area (Å²) in [5, 5.41) is 2.97. The van der Waals surface area contributed by atoms with Gasteiger partial charge in [-0.2, -0.15) is 13.2 Å². The molecule has 1 aliphatic heterocycles. The number of amides is 1. The van der Waals surface area contributed by atoms with Gasteiger partial charge in [0, 0.05) is 43.5 Å². The SMILES string of the molecule is COc1ccccc1CN1CCC(NC(=O)c2ccc(OCC(F)(F)F)nc2)CC1. The Hall–Kier alpha value is -2.81. The van der Waals surface area contributed by atoms with Crippen LogP contribution < -0.4 is 14.8 Å². The summed E-state index contributed by atoms with van der Waals surface area (Å²) in [5.41, 5.74) is 1.41. The van der Waals surface area contributed by atoms with Crippen molar-refractivity contribution in [3.05, 3.63) is 53.7 Å². The highest BCUT2D eigenvalue weighted by Gasteiger charge is 2.28. The highest BCUT2D eigenvalue weighted by molar-refractivity contribution is 5.94. The summed E-state index contributed by atoms with van der Waals surface area (Å²) in [4.78, 5) is 18.5. The van der Waals surface area contributed by atoms with Crippen LogP contribution in [0.25, 0.3) is 0 Å². The molecule has 2 aromatic rings. The van der Waals surface area contributed by atoms with Crippen LogP contribution in [0.4, 0.5) is 13.2 Å². The number of halogens is 3. The lowest BCUT2D eigenvalue weighted by Gasteiger charge is -2.32. The predicted molar refractivity (Wildman–Crippen MR) is 105 cm³/mol. The van der Waals surface area contributed by atoms with Gasteiger partial charge in [0.25, 0.3) is 5.91 Å². The van der Waals surface area contributed by atoms with Crippen molar-refractivity contribution in [3.63, 3.8) is 0 Å². The summed E-state index contributed by atoms with van der Waals surface area (Å²) >= 11 is 0. The Morgan fingerprint density at radius 1 is 1.20 bits per heavy atom. The van der Waals surface area contributed by atoms with Gasteiger partial charge in [0.05, 0.1) is 12.7 Å². The molecule has 162 valence electrons. The Kier molecular flexibility index (Phi) is 7.15. The summed E-state index contributed by atoms with van der Waals surface area (Å²) < 4.78 is 46.5. The number of nitrogens with zero attached hydrogens (tertiary/aromatic N) is 2. The number of methoxy groups -OCH3 is 1. The number of ether oxygens (including phenoxy) is 2. The molecule has 1 amide bonds. The van der Waals surface area contributed by atoms with Gasteiger partial charge in [-0.05, 0) is 25.0 Å². The molecule has 0 unspecified atom stereocenters. The molecule has 0 saturated carbocycles. The number of aromatic nitrogens is 1. The van der Waals surface area contributed by atoms with Gasteiger partial charge in [0.1, 0.15) is 5.75 Å². The fourth-order valence-corrected chi connectivity index (χ4v) is 3.33. The zero-order chi connectivity index (χ0) is 21.6. The number of pyridine rings is 1. The van der Waals surface area contributed by atoms with E-state index >= 15 is 0 Å². The molecule has 0 bridgehead atoms. The fourth-order valence-electron chi connectivity index (χ4n) is 3.33. The summed E-state index contributed by atoms with van der Waals surface area (Å²) in [5.74, 6) is 0.393. The molecule has 1 N–H and O–H groups in total. The smallest absolute Gasteiger partial charge is 0.422 e. The Morgan fingerprint density at radius 3 is 2.57 bits per heavy atom. The highest BCUT2D eigenvalue weighted by atomic mass is 19.4. The number of carbonyl (C=O) groups is 1. The van der Waals surface area contributed by atoms with Gasteiger partial charge in [-0.3, -0.25) is 9.69 Å². The molecule has 0 spiro atoms. The molecule has 1 aromatic heterocycles. The number of piperidine rings is 1. The van der Waals surface area contributed by atoms with Crippen molar-refractivity contribution >= 4 is 5.91 Å². The summed E-state index contributed by atoms with van der Waals surface area (Å²) in [6.07, 6.45) is -1.60. The first-order valence-electron chi connectivity index (χ1n) is 9.65. The van der Waals surface area contributed by atoms with Crippen molar-refractivity contribution in [2.75, 3.05) is 26.8 Å². The van der Waals surface area contributed by atoms with Crippen LogP contribution in [0.5, 0.6) is 11.6 Å². The van der Waals surface area contributed by atoms with E-state index in [2.05, 4.69) is 19.9 Å². The number of nitrogens with one attached hydrogen (secondary N) is 1. The van der Waals surface area contributed by atoms with Crippen LogP contribution in [0.2, 0.25) is 0 Å². The lowest BCUT2D eigenvalue weighted by molar-refractivity contribution is -0.154. The van der Waals surface area contributed by atoms with E-state index in [9.17, 15) is 18.0 Å². The molecule has 9 heteroatoms. The topological polar surface area (TPSA) is 63.7 Å². The van der Waals surface area contributed by atoms with E-state index in [1.165, 1.54) is 18.3 Å². The van der Waals surface area contributed by atoms with E-state index < -0.39 is 12.8 Å². The first-order valence-corrected chi connectivity index (χ1v) is 9.65. The lowest BCUT2D eigenvalue weighted by atomic mass is 10.0. The third-order valence-corrected chi connectivity index (χ3v) is 4.89. The van der Waals surface area contributed by atoms with Crippen molar-refractivity contribution < 1.29 is 27.4 Å². The van der Waals surface area contributed by atoms with Gasteiger partial charge in [0.15, 0.2) is 6.61 Å². The predicted octanol–water partition coefficient (Wildman–Crippen LogP) is 3.43. The molecule has 3 rings (SSSR count). The van der Waals surface area contributed by atoms with E-state index in [-0.39, 0.29) is 23.4 Å². The minimum atomic E-state index is -4.43. The number of carbonyl (C=O) groups excluding carboxylic acids is 1. The maximum Gasteiger partial charge on any atom is 0.422 e. The van der Waals surface area contributed by atoms with Crippen molar-refractivity contribution in [2.45, 2.75) is 31.6 Å². The second-order valence-corrected chi connectivity index (χ2v) is 7.12. The standard InChI is InChI=1S/C21H24F3N3O3/c1-29-18-5-3-2-4-16(18)13-27-10-8-17(9-11-27)26-20(28)15-6-7-19(25-12-15)30-14-21(22,23)24/h2-7,12,17H,8-11,13-14H2,1H3,(H,26,28). The number of rotatable bonds is 7. The molecule has 1 aromatic carbocycles. The molecule has 1 aliphatic rings. The van der Waals surface area contributed by atoms with Crippen LogP contribution in [0.3, 0.4) is 0 Å². The maximum atomic E-state index is 12.4. The fraction of sp³-hybridized carbons (Fsp3) is 0.429. The molecular weight excluding hydrogens is 399 g/mol. The number of para-hydroxylation sites is 1. The van der Waals surface area contributed by atoms with E-state index in [1.54, 1.807) is 7.11 Å². The van der Waals surface area contributed by atoms with Gasteiger partial charge in [0.2, 0.25) is 5.88 Å². The first kappa shape index (κ1) is 21.9. The van der Waals surface area contributed by atoms with E-state index in [1.807, 2.05) is 24.3 Å². The molecule has 6 nitrogen and oxygen atoms in total. The van der Waals surface area contributed by atoms with Crippen molar-refractivity contribution in [3.8, 4) is 11.6 Å². The number of benzene rings is 1. The Morgan fingerprint density at radius 2 is 1.93 bits per heavy atom. The van der Waals surface area contributed by atoms with Crippen molar-refractivity contribution in [2.24, 2.45) is 0 Å². The van der Waals surface area contributed by atoms with Crippen LogP contribution in [0.1, 0.15) is 28.8 Å². The van der Waals surface area contributed by atoms with Crippen molar-refractivity contribution in [1.82, 2.24) is 15.2 Å². The third kappa shape index (κ3) is 6.35.